The van der Waals surface area contributed by atoms with Crippen molar-refractivity contribution in [1.82, 2.24) is 9.78 Å². The largest absolute Gasteiger partial charge is 0.506 e. The summed E-state index contributed by atoms with van der Waals surface area (Å²) in [5.74, 6) is -0.548. The first-order chi connectivity index (χ1) is 6.70. The van der Waals surface area contributed by atoms with Crippen molar-refractivity contribution in [3.63, 3.8) is 0 Å². The van der Waals surface area contributed by atoms with Gasteiger partial charge in [-0.15, -0.1) is 0 Å². The molecule has 0 spiro atoms. The highest BCUT2D eigenvalue weighted by Gasteiger charge is 2.11. The Balaban J connectivity index is 2.60. The Morgan fingerprint density at radius 1 is 1.36 bits per heavy atom. The lowest BCUT2D eigenvalue weighted by Crippen LogP contribution is -1.99. The van der Waals surface area contributed by atoms with Crippen molar-refractivity contribution in [3.05, 3.63) is 40.9 Å². The van der Waals surface area contributed by atoms with E-state index >= 15 is 0 Å². The zero-order valence-electron chi connectivity index (χ0n) is 6.98. The van der Waals surface area contributed by atoms with Crippen LogP contribution >= 0.6 is 15.9 Å². The van der Waals surface area contributed by atoms with Crippen molar-refractivity contribution in [3.8, 4) is 11.4 Å². The summed E-state index contributed by atoms with van der Waals surface area (Å²) in [5, 5.41) is 13.2. The molecule has 0 aliphatic carbocycles. The van der Waals surface area contributed by atoms with Gasteiger partial charge in [0.05, 0.1) is 10.7 Å². The number of halogens is 2. The Morgan fingerprint density at radius 2 is 2.07 bits per heavy atom. The number of hydrogen-bond acceptors (Lipinski definition) is 2. The summed E-state index contributed by atoms with van der Waals surface area (Å²) in [6.45, 7) is 0. The van der Waals surface area contributed by atoms with Crippen molar-refractivity contribution in [2.24, 2.45) is 0 Å². The number of aromatic nitrogens is 2. The van der Waals surface area contributed by atoms with Gasteiger partial charge >= 0.3 is 0 Å². The molecule has 0 unspecified atom stereocenters. The van der Waals surface area contributed by atoms with E-state index < -0.39 is 5.95 Å². The molecule has 14 heavy (non-hydrogen) atoms. The van der Waals surface area contributed by atoms with Crippen LogP contribution < -0.4 is 0 Å². The fourth-order valence-corrected chi connectivity index (χ4v) is 1.38. The molecule has 0 atom stereocenters. The lowest BCUT2D eigenvalue weighted by Gasteiger charge is -2.03. The molecular formula is C9H6BrFN2O. The number of benzene rings is 1. The fraction of sp³-hybridized carbons (Fsp3) is 0. The Labute approximate surface area is 87.9 Å². The summed E-state index contributed by atoms with van der Waals surface area (Å²) in [5.41, 5.74) is 0.315. The van der Waals surface area contributed by atoms with Crippen LogP contribution in [0.2, 0.25) is 0 Å². The zero-order valence-corrected chi connectivity index (χ0v) is 8.57. The van der Waals surface area contributed by atoms with Gasteiger partial charge in [-0.25, -0.2) is 4.68 Å². The van der Waals surface area contributed by atoms with Gasteiger partial charge in [0, 0.05) is 0 Å². The molecule has 0 fully saturated rings. The average Bonchev–Trinajstić information content (AvgIpc) is 2.49. The topological polar surface area (TPSA) is 38.0 Å². The normalized spacial score (nSPS) is 10.4. The highest BCUT2D eigenvalue weighted by molar-refractivity contribution is 9.10. The molecule has 0 saturated heterocycles. The second kappa shape index (κ2) is 3.42. The van der Waals surface area contributed by atoms with Crippen molar-refractivity contribution in [2.75, 3.05) is 0 Å². The summed E-state index contributed by atoms with van der Waals surface area (Å²) in [7, 11) is 0. The lowest BCUT2D eigenvalue weighted by molar-refractivity contribution is 0.460. The van der Waals surface area contributed by atoms with E-state index in [2.05, 4.69) is 21.0 Å². The van der Waals surface area contributed by atoms with E-state index in [9.17, 15) is 9.50 Å². The standard InChI is InChI=1S/C9H6BrFN2O/c10-6-5-12-13(9(6)11)7-3-1-2-4-8(7)14/h1-5,14H. The van der Waals surface area contributed by atoms with Crippen LogP contribution in [0.25, 0.3) is 5.69 Å². The van der Waals surface area contributed by atoms with Crippen molar-refractivity contribution in [1.29, 1.82) is 0 Å². The monoisotopic (exact) mass is 256 g/mol. The molecule has 2 rings (SSSR count). The Kier molecular flexibility index (Phi) is 2.25. The third kappa shape index (κ3) is 1.39. The molecule has 1 N–H and O–H groups in total. The van der Waals surface area contributed by atoms with Crippen molar-refractivity contribution < 1.29 is 9.50 Å². The molecule has 1 heterocycles. The summed E-state index contributed by atoms with van der Waals surface area (Å²) in [4.78, 5) is 0. The van der Waals surface area contributed by atoms with Gasteiger partial charge in [-0.2, -0.15) is 9.49 Å². The number of rotatable bonds is 1. The van der Waals surface area contributed by atoms with Gasteiger partial charge in [0.15, 0.2) is 0 Å². The molecule has 0 aliphatic rings. The van der Waals surface area contributed by atoms with Crippen LogP contribution in [0, 0.1) is 5.95 Å². The molecule has 0 amide bonds. The SMILES string of the molecule is Oc1ccccc1-n1ncc(Br)c1F. The number of para-hydroxylation sites is 2. The average molecular weight is 257 g/mol. The second-order valence-corrected chi connectivity index (χ2v) is 3.54. The molecular weight excluding hydrogens is 251 g/mol. The van der Waals surface area contributed by atoms with E-state index in [0.29, 0.717) is 5.69 Å². The maximum absolute atomic E-state index is 13.4. The molecule has 1 aromatic heterocycles. The van der Waals surface area contributed by atoms with Crippen molar-refractivity contribution in [2.45, 2.75) is 0 Å². The van der Waals surface area contributed by atoms with Crippen LogP contribution in [0.5, 0.6) is 5.75 Å². The number of nitrogens with zero attached hydrogens (tertiary/aromatic N) is 2. The maximum Gasteiger partial charge on any atom is 0.230 e. The molecule has 0 aliphatic heterocycles. The number of phenols is 1. The van der Waals surface area contributed by atoms with E-state index in [4.69, 9.17) is 0 Å². The summed E-state index contributed by atoms with van der Waals surface area (Å²) in [6, 6.07) is 6.42. The van der Waals surface area contributed by atoms with Crippen molar-refractivity contribution >= 4 is 15.9 Å². The summed E-state index contributed by atoms with van der Waals surface area (Å²) in [6.07, 6.45) is 1.34. The van der Waals surface area contributed by atoms with Gasteiger partial charge in [-0.3, -0.25) is 0 Å². The van der Waals surface area contributed by atoms with Crippen LogP contribution in [0.4, 0.5) is 4.39 Å². The summed E-state index contributed by atoms with van der Waals surface area (Å²) >= 11 is 3.00. The molecule has 0 saturated carbocycles. The van der Waals surface area contributed by atoms with E-state index in [1.165, 1.54) is 12.3 Å². The van der Waals surface area contributed by atoms with Gasteiger partial charge in [0.25, 0.3) is 0 Å². The zero-order chi connectivity index (χ0) is 10.1. The molecule has 0 radical (unpaired) electrons. The number of phenolic OH excluding ortho intramolecular Hbond substituents is 1. The van der Waals surface area contributed by atoms with E-state index in [1.807, 2.05) is 0 Å². The molecule has 3 nitrogen and oxygen atoms in total. The number of aromatic hydroxyl groups is 1. The van der Waals surface area contributed by atoms with Crippen LogP contribution in [0.1, 0.15) is 0 Å². The Bertz CT molecular complexity index is 470. The van der Waals surface area contributed by atoms with E-state index in [-0.39, 0.29) is 10.2 Å². The second-order valence-electron chi connectivity index (χ2n) is 2.68. The van der Waals surface area contributed by atoms with Crippen LogP contribution in [0.15, 0.2) is 34.9 Å². The Morgan fingerprint density at radius 3 is 2.64 bits per heavy atom. The Hall–Kier alpha value is -1.36. The molecule has 2 aromatic rings. The quantitative estimate of drug-likeness (QED) is 0.852. The predicted molar refractivity (Wildman–Crippen MR) is 52.9 cm³/mol. The molecule has 1 aromatic carbocycles. The van der Waals surface area contributed by atoms with Gasteiger partial charge < -0.3 is 5.11 Å². The van der Waals surface area contributed by atoms with Gasteiger partial charge in [0.1, 0.15) is 11.4 Å². The third-order valence-electron chi connectivity index (χ3n) is 1.78. The maximum atomic E-state index is 13.4. The van der Waals surface area contributed by atoms with Gasteiger partial charge in [0.2, 0.25) is 5.95 Å². The van der Waals surface area contributed by atoms with E-state index in [1.54, 1.807) is 18.2 Å². The molecule has 72 valence electrons. The van der Waals surface area contributed by atoms with Crippen LogP contribution in [0.3, 0.4) is 0 Å². The fourth-order valence-electron chi connectivity index (χ4n) is 1.12. The van der Waals surface area contributed by atoms with E-state index in [0.717, 1.165) is 4.68 Å². The lowest BCUT2D eigenvalue weighted by atomic mass is 10.3. The van der Waals surface area contributed by atoms with Crippen LogP contribution in [-0.2, 0) is 0 Å². The van der Waals surface area contributed by atoms with Gasteiger partial charge in [-0.1, -0.05) is 12.1 Å². The highest BCUT2D eigenvalue weighted by Crippen LogP contribution is 2.24. The first-order valence-corrected chi connectivity index (χ1v) is 4.67. The number of hydrogen-bond donors (Lipinski definition) is 1. The summed E-state index contributed by atoms with van der Waals surface area (Å²) < 4.78 is 14.7. The third-order valence-corrected chi connectivity index (χ3v) is 2.31. The minimum Gasteiger partial charge on any atom is -0.506 e. The predicted octanol–water partition coefficient (Wildman–Crippen LogP) is 2.48. The minimum absolute atomic E-state index is 0.0120. The molecule has 0 bridgehead atoms. The van der Waals surface area contributed by atoms with Gasteiger partial charge in [-0.05, 0) is 28.1 Å². The first-order valence-electron chi connectivity index (χ1n) is 3.87. The smallest absolute Gasteiger partial charge is 0.230 e. The molecule has 5 heteroatoms. The minimum atomic E-state index is -0.536. The van der Waals surface area contributed by atoms with Crippen LogP contribution in [-0.4, -0.2) is 14.9 Å². The highest BCUT2D eigenvalue weighted by atomic mass is 79.9. The first kappa shape index (κ1) is 9.21.